The normalized spacial score (nSPS) is 18.2. The summed E-state index contributed by atoms with van der Waals surface area (Å²) in [5.74, 6) is 1.93. The summed E-state index contributed by atoms with van der Waals surface area (Å²) in [5.41, 5.74) is 1.46. The fourth-order valence-electron chi connectivity index (χ4n) is 1.28. The number of nitrogens with zero attached hydrogens (tertiary/aromatic N) is 1. The zero-order valence-corrected chi connectivity index (χ0v) is 8.02. The van der Waals surface area contributed by atoms with Gasteiger partial charge in [-0.05, 0) is 12.8 Å². The standard InChI is InChI=1S/C10H16N2/c1-10(2,3)8-6-11-9(12-8)7-4-5-7/h6-7H,4-5H2,1-3H3,(H,11,12). The van der Waals surface area contributed by atoms with Crippen LogP contribution in [0, 0.1) is 0 Å². The second kappa shape index (κ2) is 2.35. The molecule has 66 valence electrons. The summed E-state index contributed by atoms with van der Waals surface area (Å²) in [6.45, 7) is 6.62. The molecule has 1 heterocycles. The predicted octanol–water partition coefficient (Wildman–Crippen LogP) is 2.58. The molecule has 1 fully saturated rings. The van der Waals surface area contributed by atoms with Crippen molar-refractivity contribution in [2.24, 2.45) is 0 Å². The summed E-state index contributed by atoms with van der Waals surface area (Å²) in [4.78, 5) is 7.79. The van der Waals surface area contributed by atoms with Crippen LogP contribution in [0.3, 0.4) is 0 Å². The smallest absolute Gasteiger partial charge is 0.109 e. The van der Waals surface area contributed by atoms with E-state index in [2.05, 4.69) is 30.7 Å². The van der Waals surface area contributed by atoms with Gasteiger partial charge in [0.25, 0.3) is 0 Å². The van der Waals surface area contributed by atoms with Gasteiger partial charge < -0.3 is 4.98 Å². The van der Waals surface area contributed by atoms with Crippen molar-refractivity contribution in [3.8, 4) is 0 Å². The lowest BCUT2D eigenvalue weighted by molar-refractivity contribution is 0.571. The Morgan fingerprint density at radius 2 is 2.08 bits per heavy atom. The molecule has 2 rings (SSSR count). The molecule has 2 heteroatoms. The van der Waals surface area contributed by atoms with E-state index in [1.165, 1.54) is 24.4 Å². The van der Waals surface area contributed by atoms with E-state index in [-0.39, 0.29) is 5.41 Å². The van der Waals surface area contributed by atoms with Crippen molar-refractivity contribution in [3.63, 3.8) is 0 Å². The highest BCUT2D eigenvalue weighted by Crippen LogP contribution is 2.38. The van der Waals surface area contributed by atoms with E-state index in [9.17, 15) is 0 Å². The Labute approximate surface area is 73.4 Å². The summed E-state index contributed by atoms with van der Waals surface area (Å²) in [6.07, 6.45) is 4.61. The SMILES string of the molecule is CC(C)(C)c1cnc(C2CC2)[nH]1. The van der Waals surface area contributed by atoms with Gasteiger partial charge in [0.15, 0.2) is 0 Å². The number of H-pyrrole nitrogens is 1. The highest BCUT2D eigenvalue weighted by atomic mass is 14.9. The van der Waals surface area contributed by atoms with Crippen molar-refractivity contribution in [1.29, 1.82) is 0 Å². The summed E-state index contributed by atoms with van der Waals surface area (Å²) >= 11 is 0. The molecule has 0 radical (unpaired) electrons. The number of aromatic nitrogens is 2. The summed E-state index contributed by atoms with van der Waals surface area (Å²) in [7, 11) is 0. The van der Waals surface area contributed by atoms with Crippen LogP contribution in [0.4, 0.5) is 0 Å². The molecule has 1 saturated carbocycles. The third-order valence-corrected chi connectivity index (χ3v) is 2.37. The molecule has 0 saturated heterocycles. The van der Waals surface area contributed by atoms with Gasteiger partial charge in [-0.2, -0.15) is 0 Å². The Balaban J connectivity index is 2.23. The van der Waals surface area contributed by atoms with Gasteiger partial charge in [-0.15, -0.1) is 0 Å². The molecule has 0 spiro atoms. The molecule has 0 atom stereocenters. The molecule has 1 aliphatic rings. The Bertz CT molecular complexity index is 276. The first kappa shape index (κ1) is 7.84. The maximum Gasteiger partial charge on any atom is 0.109 e. The third kappa shape index (κ3) is 1.38. The van der Waals surface area contributed by atoms with E-state index in [4.69, 9.17) is 0 Å². The van der Waals surface area contributed by atoms with Crippen molar-refractivity contribution in [2.45, 2.75) is 44.9 Å². The van der Waals surface area contributed by atoms with Gasteiger partial charge in [0.2, 0.25) is 0 Å². The zero-order valence-electron chi connectivity index (χ0n) is 8.02. The first-order valence-electron chi connectivity index (χ1n) is 4.63. The Hall–Kier alpha value is -0.790. The summed E-state index contributed by atoms with van der Waals surface area (Å²) in [5, 5.41) is 0. The monoisotopic (exact) mass is 164 g/mol. The van der Waals surface area contributed by atoms with Crippen molar-refractivity contribution < 1.29 is 0 Å². The van der Waals surface area contributed by atoms with E-state index in [1.807, 2.05) is 6.20 Å². The van der Waals surface area contributed by atoms with E-state index in [0.717, 1.165) is 5.92 Å². The average Bonchev–Trinajstić information content (AvgIpc) is 2.66. The lowest BCUT2D eigenvalue weighted by Crippen LogP contribution is -2.11. The minimum Gasteiger partial charge on any atom is -0.345 e. The fraction of sp³-hybridized carbons (Fsp3) is 0.700. The summed E-state index contributed by atoms with van der Waals surface area (Å²) in [6, 6.07) is 0. The molecular formula is C10H16N2. The first-order chi connectivity index (χ1) is 5.57. The van der Waals surface area contributed by atoms with Crippen LogP contribution in [0.5, 0.6) is 0 Å². The predicted molar refractivity (Wildman–Crippen MR) is 49.3 cm³/mol. The van der Waals surface area contributed by atoms with Crippen LogP contribution in [-0.4, -0.2) is 9.97 Å². The van der Waals surface area contributed by atoms with E-state index >= 15 is 0 Å². The van der Waals surface area contributed by atoms with Gasteiger partial charge in [-0.1, -0.05) is 20.8 Å². The Morgan fingerprint density at radius 1 is 1.42 bits per heavy atom. The maximum absolute atomic E-state index is 4.39. The van der Waals surface area contributed by atoms with Crippen LogP contribution >= 0.6 is 0 Å². The lowest BCUT2D eigenvalue weighted by atomic mass is 9.93. The molecule has 1 aliphatic carbocycles. The second-order valence-corrected chi connectivity index (χ2v) is 4.71. The molecule has 1 N–H and O–H groups in total. The highest BCUT2D eigenvalue weighted by molar-refractivity contribution is 5.15. The van der Waals surface area contributed by atoms with Gasteiger partial charge in [0, 0.05) is 23.2 Å². The maximum atomic E-state index is 4.39. The number of rotatable bonds is 1. The molecule has 0 aromatic carbocycles. The van der Waals surface area contributed by atoms with E-state index in [1.54, 1.807) is 0 Å². The highest BCUT2D eigenvalue weighted by Gasteiger charge is 2.27. The minimum atomic E-state index is 0.208. The van der Waals surface area contributed by atoms with Gasteiger partial charge in [-0.3, -0.25) is 0 Å². The zero-order chi connectivity index (χ0) is 8.77. The molecule has 0 aliphatic heterocycles. The summed E-state index contributed by atoms with van der Waals surface area (Å²) < 4.78 is 0. The lowest BCUT2D eigenvalue weighted by Gasteiger charge is -2.14. The average molecular weight is 164 g/mol. The number of hydrogen-bond donors (Lipinski definition) is 1. The molecule has 0 amide bonds. The van der Waals surface area contributed by atoms with Crippen LogP contribution in [-0.2, 0) is 5.41 Å². The molecule has 12 heavy (non-hydrogen) atoms. The topological polar surface area (TPSA) is 28.7 Å². The molecular weight excluding hydrogens is 148 g/mol. The van der Waals surface area contributed by atoms with Crippen LogP contribution < -0.4 is 0 Å². The van der Waals surface area contributed by atoms with Crippen LogP contribution in [0.2, 0.25) is 0 Å². The van der Waals surface area contributed by atoms with Crippen molar-refractivity contribution in [3.05, 3.63) is 17.7 Å². The number of aromatic amines is 1. The Morgan fingerprint density at radius 3 is 2.50 bits per heavy atom. The van der Waals surface area contributed by atoms with Crippen molar-refractivity contribution in [2.75, 3.05) is 0 Å². The molecule has 2 nitrogen and oxygen atoms in total. The second-order valence-electron chi connectivity index (χ2n) is 4.71. The third-order valence-electron chi connectivity index (χ3n) is 2.37. The molecule has 0 bridgehead atoms. The Kier molecular flexibility index (Phi) is 1.53. The van der Waals surface area contributed by atoms with Crippen molar-refractivity contribution >= 4 is 0 Å². The minimum absolute atomic E-state index is 0.208. The quantitative estimate of drug-likeness (QED) is 0.679. The van der Waals surface area contributed by atoms with Crippen LogP contribution in [0.15, 0.2) is 6.20 Å². The van der Waals surface area contributed by atoms with Crippen molar-refractivity contribution in [1.82, 2.24) is 9.97 Å². The van der Waals surface area contributed by atoms with E-state index < -0.39 is 0 Å². The molecule has 1 aromatic heterocycles. The largest absolute Gasteiger partial charge is 0.345 e. The van der Waals surface area contributed by atoms with Gasteiger partial charge in [0.1, 0.15) is 5.82 Å². The van der Waals surface area contributed by atoms with Gasteiger partial charge >= 0.3 is 0 Å². The first-order valence-corrected chi connectivity index (χ1v) is 4.63. The van der Waals surface area contributed by atoms with Gasteiger partial charge in [-0.25, -0.2) is 4.98 Å². The molecule has 1 aromatic rings. The number of nitrogens with one attached hydrogen (secondary N) is 1. The van der Waals surface area contributed by atoms with E-state index in [0.29, 0.717) is 0 Å². The molecule has 0 unspecified atom stereocenters. The van der Waals surface area contributed by atoms with Crippen LogP contribution in [0.25, 0.3) is 0 Å². The number of imidazole rings is 1. The number of hydrogen-bond acceptors (Lipinski definition) is 1. The fourth-order valence-corrected chi connectivity index (χ4v) is 1.28. The van der Waals surface area contributed by atoms with Crippen LogP contribution in [0.1, 0.15) is 51.0 Å². The van der Waals surface area contributed by atoms with Gasteiger partial charge in [0.05, 0.1) is 0 Å².